The molecule has 1 aliphatic rings. The standard InChI is InChI=1S/C21H28N2O4/c1-5-26-20(25)23-10-8-22(9-11-23)14-15-12-19(24)27-18-7-6-16(13-17(15)18)21(2,3)4/h6-7,12-13H,5,8-11,14H2,1-4H3. The van der Waals surface area contributed by atoms with Crippen LogP contribution in [0.1, 0.15) is 38.8 Å². The minimum atomic E-state index is -0.328. The van der Waals surface area contributed by atoms with Gasteiger partial charge in [0.05, 0.1) is 6.61 Å². The van der Waals surface area contributed by atoms with Crippen LogP contribution in [-0.2, 0) is 16.7 Å². The van der Waals surface area contributed by atoms with Crippen molar-refractivity contribution in [3.05, 3.63) is 45.8 Å². The van der Waals surface area contributed by atoms with Gasteiger partial charge in [-0.15, -0.1) is 0 Å². The van der Waals surface area contributed by atoms with Gasteiger partial charge in [0.15, 0.2) is 0 Å². The summed E-state index contributed by atoms with van der Waals surface area (Å²) in [6.45, 7) is 12.1. The molecule has 1 aromatic carbocycles. The minimum Gasteiger partial charge on any atom is -0.450 e. The van der Waals surface area contributed by atoms with E-state index in [1.807, 2.05) is 19.1 Å². The molecule has 3 rings (SSSR count). The van der Waals surface area contributed by atoms with Gasteiger partial charge in [0.2, 0.25) is 0 Å². The van der Waals surface area contributed by atoms with Crippen LogP contribution in [0.3, 0.4) is 0 Å². The quantitative estimate of drug-likeness (QED) is 0.773. The van der Waals surface area contributed by atoms with E-state index in [-0.39, 0.29) is 17.1 Å². The van der Waals surface area contributed by atoms with Crippen LogP contribution in [0.4, 0.5) is 4.79 Å². The van der Waals surface area contributed by atoms with E-state index in [2.05, 4.69) is 31.7 Å². The van der Waals surface area contributed by atoms with Crippen molar-refractivity contribution in [1.82, 2.24) is 9.80 Å². The van der Waals surface area contributed by atoms with Gasteiger partial charge in [-0.1, -0.05) is 26.8 Å². The first kappa shape index (κ1) is 19.4. The van der Waals surface area contributed by atoms with Gasteiger partial charge in [0, 0.05) is 44.2 Å². The summed E-state index contributed by atoms with van der Waals surface area (Å²) in [5.41, 5.74) is 2.49. The zero-order valence-electron chi connectivity index (χ0n) is 16.6. The van der Waals surface area contributed by atoms with Crippen LogP contribution < -0.4 is 5.63 Å². The van der Waals surface area contributed by atoms with E-state index in [4.69, 9.17) is 9.15 Å². The summed E-state index contributed by atoms with van der Waals surface area (Å²) in [5.74, 6) is 0. The maximum absolute atomic E-state index is 12.0. The Morgan fingerprint density at radius 2 is 1.85 bits per heavy atom. The zero-order chi connectivity index (χ0) is 19.6. The molecule has 1 fully saturated rings. The Bertz CT molecular complexity index is 874. The van der Waals surface area contributed by atoms with Crippen LogP contribution in [0.15, 0.2) is 33.5 Å². The summed E-state index contributed by atoms with van der Waals surface area (Å²) in [7, 11) is 0. The largest absolute Gasteiger partial charge is 0.450 e. The molecule has 2 aromatic rings. The third-order valence-corrected chi connectivity index (χ3v) is 4.99. The molecule has 6 nitrogen and oxygen atoms in total. The fourth-order valence-corrected chi connectivity index (χ4v) is 3.37. The average molecular weight is 372 g/mol. The predicted molar refractivity (Wildman–Crippen MR) is 105 cm³/mol. The zero-order valence-corrected chi connectivity index (χ0v) is 16.6. The number of ether oxygens (including phenoxy) is 1. The van der Waals surface area contributed by atoms with E-state index in [1.54, 1.807) is 11.0 Å². The molecule has 27 heavy (non-hydrogen) atoms. The second-order valence-electron chi connectivity index (χ2n) is 8.01. The van der Waals surface area contributed by atoms with Crippen molar-refractivity contribution in [3.8, 4) is 0 Å². The Kier molecular flexibility index (Phi) is 5.56. The average Bonchev–Trinajstić information content (AvgIpc) is 2.61. The summed E-state index contributed by atoms with van der Waals surface area (Å²) in [5, 5.41) is 0.981. The lowest BCUT2D eigenvalue weighted by Gasteiger charge is -2.34. The molecule has 0 spiro atoms. The molecule has 0 saturated carbocycles. The molecule has 1 aromatic heterocycles. The predicted octanol–water partition coefficient (Wildman–Crippen LogP) is 3.36. The van der Waals surface area contributed by atoms with Gasteiger partial charge in [-0.3, -0.25) is 4.90 Å². The van der Waals surface area contributed by atoms with E-state index >= 15 is 0 Å². The number of nitrogens with zero attached hydrogens (tertiary/aromatic N) is 2. The fraction of sp³-hybridized carbons (Fsp3) is 0.524. The smallest absolute Gasteiger partial charge is 0.409 e. The molecule has 0 bridgehead atoms. The SMILES string of the molecule is CCOC(=O)N1CCN(Cc2cc(=O)oc3ccc(C(C)(C)C)cc23)CC1. The summed E-state index contributed by atoms with van der Waals surface area (Å²) >= 11 is 0. The number of carbonyl (C=O) groups excluding carboxylic acids is 1. The van der Waals surface area contributed by atoms with Crippen molar-refractivity contribution in [1.29, 1.82) is 0 Å². The van der Waals surface area contributed by atoms with Crippen LogP contribution in [-0.4, -0.2) is 48.7 Å². The van der Waals surface area contributed by atoms with Gasteiger partial charge >= 0.3 is 11.7 Å². The molecule has 1 amide bonds. The number of benzene rings is 1. The molecule has 0 unspecified atom stereocenters. The Hall–Kier alpha value is -2.34. The van der Waals surface area contributed by atoms with Crippen molar-refractivity contribution in [3.63, 3.8) is 0 Å². The van der Waals surface area contributed by atoms with Gasteiger partial charge in [0.25, 0.3) is 0 Å². The minimum absolute atomic E-state index is 0.0207. The molecule has 0 atom stereocenters. The van der Waals surface area contributed by atoms with Gasteiger partial charge in [-0.05, 0) is 35.6 Å². The molecule has 1 saturated heterocycles. The lowest BCUT2D eigenvalue weighted by molar-refractivity contribution is 0.0779. The highest BCUT2D eigenvalue weighted by molar-refractivity contribution is 5.81. The Balaban J connectivity index is 1.80. The molecule has 146 valence electrons. The fourth-order valence-electron chi connectivity index (χ4n) is 3.37. The molecule has 1 aliphatic heterocycles. The molecule has 0 N–H and O–H groups in total. The molecular weight excluding hydrogens is 344 g/mol. The number of piperazine rings is 1. The Morgan fingerprint density at radius 3 is 2.48 bits per heavy atom. The third-order valence-electron chi connectivity index (χ3n) is 4.99. The molecular formula is C21H28N2O4. The lowest BCUT2D eigenvalue weighted by Crippen LogP contribution is -2.48. The Morgan fingerprint density at radius 1 is 1.15 bits per heavy atom. The first-order valence-corrected chi connectivity index (χ1v) is 9.49. The number of rotatable bonds is 3. The third kappa shape index (κ3) is 4.50. The number of carbonyl (C=O) groups is 1. The summed E-state index contributed by atoms with van der Waals surface area (Å²) in [4.78, 5) is 27.8. The highest BCUT2D eigenvalue weighted by atomic mass is 16.6. The molecule has 0 radical (unpaired) electrons. The molecule has 2 heterocycles. The highest BCUT2D eigenvalue weighted by Gasteiger charge is 2.23. The van der Waals surface area contributed by atoms with Gasteiger partial charge in [0.1, 0.15) is 5.58 Å². The van der Waals surface area contributed by atoms with Crippen molar-refractivity contribution < 1.29 is 13.9 Å². The highest BCUT2D eigenvalue weighted by Crippen LogP contribution is 2.28. The van der Waals surface area contributed by atoms with Crippen molar-refractivity contribution in [2.45, 2.75) is 39.7 Å². The second kappa shape index (κ2) is 7.72. The normalized spacial score (nSPS) is 15.9. The monoisotopic (exact) mass is 372 g/mol. The van der Waals surface area contributed by atoms with E-state index in [1.165, 1.54) is 5.56 Å². The van der Waals surface area contributed by atoms with Crippen LogP contribution in [0, 0.1) is 0 Å². The molecule has 0 aliphatic carbocycles. The van der Waals surface area contributed by atoms with Crippen LogP contribution in [0.25, 0.3) is 11.0 Å². The van der Waals surface area contributed by atoms with Crippen molar-refractivity contribution in [2.24, 2.45) is 0 Å². The number of hydrogen-bond acceptors (Lipinski definition) is 5. The van der Waals surface area contributed by atoms with Gasteiger partial charge in [-0.2, -0.15) is 0 Å². The van der Waals surface area contributed by atoms with E-state index in [0.717, 1.165) is 24.0 Å². The lowest BCUT2D eigenvalue weighted by atomic mass is 9.86. The first-order chi connectivity index (χ1) is 12.8. The van der Waals surface area contributed by atoms with E-state index in [0.29, 0.717) is 31.8 Å². The summed E-state index contributed by atoms with van der Waals surface area (Å²) < 4.78 is 10.5. The maximum atomic E-state index is 12.0. The number of hydrogen-bond donors (Lipinski definition) is 0. The van der Waals surface area contributed by atoms with Gasteiger partial charge < -0.3 is 14.1 Å². The first-order valence-electron chi connectivity index (χ1n) is 9.49. The number of fused-ring (bicyclic) bond motifs is 1. The van der Waals surface area contributed by atoms with Crippen LogP contribution in [0.5, 0.6) is 0 Å². The summed E-state index contributed by atoms with van der Waals surface area (Å²) in [6.07, 6.45) is -0.252. The Labute approximate surface area is 159 Å². The summed E-state index contributed by atoms with van der Waals surface area (Å²) in [6, 6.07) is 7.63. The second-order valence-corrected chi connectivity index (χ2v) is 8.01. The van der Waals surface area contributed by atoms with Crippen LogP contribution >= 0.6 is 0 Å². The topological polar surface area (TPSA) is 63.0 Å². The van der Waals surface area contributed by atoms with E-state index < -0.39 is 0 Å². The molecule has 6 heteroatoms. The van der Waals surface area contributed by atoms with Crippen molar-refractivity contribution >= 4 is 17.1 Å². The maximum Gasteiger partial charge on any atom is 0.409 e. The number of amides is 1. The van der Waals surface area contributed by atoms with Crippen LogP contribution in [0.2, 0.25) is 0 Å². The van der Waals surface area contributed by atoms with Crippen molar-refractivity contribution in [2.75, 3.05) is 32.8 Å². The van der Waals surface area contributed by atoms with Gasteiger partial charge in [-0.25, -0.2) is 9.59 Å². The van der Waals surface area contributed by atoms with E-state index in [9.17, 15) is 9.59 Å².